The molecule has 0 aliphatic heterocycles. The molecule has 2 aromatic rings. The van der Waals surface area contributed by atoms with Gasteiger partial charge in [0, 0.05) is 5.02 Å². The second-order valence-electron chi connectivity index (χ2n) is 3.82. The number of carboxylic acids is 1. The van der Waals surface area contributed by atoms with Gasteiger partial charge in [-0.2, -0.15) is 0 Å². The van der Waals surface area contributed by atoms with Crippen LogP contribution in [0.2, 0.25) is 5.02 Å². The number of pyridine rings is 1. The van der Waals surface area contributed by atoms with Crippen LogP contribution in [-0.4, -0.2) is 23.2 Å². The lowest BCUT2D eigenvalue weighted by Crippen LogP contribution is -2.06. The van der Waals surface area contributed by atoms with Gasteiger partial charge in [-0.1, -0.05) is 11.6 Å². The number of aromatic nitrogens is 1. The molecule has 5 nitrogen and oxygen atoms in total. The van der Waals surface area contributed by atoms with Crippen LogP contribution in [0.25, 0.3) is 0 Å². The van der Waals surface area contributed by atoms with Crippen LogP contribution in [0.1, 0.15) is 10.4 Å². The molecule has 0 saturated heterocycles. The third-order valence-corrected chi connectivity index (χ3v) is 2.73. The first-order valence-electron chi connectivity index (χ1n) is 5.50. The summed E-state index contributed by atoms with van der Waals surface area (Å²) in [7, 11) is 1.46. The molecule has 0 aliphatic rings. The fourth-order valence-electron chi connectivity index (χ4n) is 1.61. The monoisotopic (exact) mass is 296 g/mol. The van der Waals surface area contributed by atoms with Gasteiger partial charge in [0.25, 0.3) is 0 Å². The van der Waals surface area contributed by atoms with E-state index >= 15 is 0 Å². The lowest BCUT2D eigenvalue weighted by Gasteiger charge is -2.12. The van der Waals surface area contributed by atoms with Crippen molar-refractivity contribution in [1.82, 2.24) is 4.98 Å². The van der Waals surface area contributed by atoms with Crippen LogP contribution in [0.5, 0.6) is 5.75 Å². The summed E-state index contributed by atoms with van der Waals surface area (Å²) >= 11 is 5.88. The van der Waals surface area contributed by atoms with Crippen molar-refractivity contribution < 1.29 is 19.0 Å². The highest BCUT2D eigenvalue weighted by molar-refractivity contribution is 6.31. The summed E-state index contributed by atoms with van der Waals surface area (Å²) in [5, 5.41) is 12.3. The maximum atomic E-state index is 13.1. The van der Waals surface area contributed by atoms with Crippen molar-refractivity contribution in [2.75, 3.05) is 12.4 Å². The third-order valence-electron chi connectivity index (χ3n) is 2.50. The average molecular weight is 297 g/mol. The van der Waals surface area contributed by atoms with Crippen molar-refractivity contribution >= 4 is 29.1 Å². The Bertz CT molecular complexity index is 664. The number of methoxy groups -OCH3 is 1. The zero-order valence-electron chi connectivity index (χ0n) is 10.4. The average Bonchev–Trinajstić information content (AvgIpc) is 2.41. The molecule has 7 heteroatoms. The van der Waals surface area contributed by atoms with E-state index in [1.165, 1.54) is 7.11 Å². The van der Waals surface area contributed by atoms with Crippen molar-refractivity contribution in [1.29, 1.82) is 0 Å². The molecular formula is C13H10ClFN2O3. The Balaban J connectivity index is 2.44. The van der Waals surface area contributed by atoms with Crippen LogP contribution in [-0.2, 0) is 0 Å². The minimum atomic E-state index is -1.29. The highest BCUT2D eigenvalue weighted by atomic mass is 35.5. The lowest BCUT2D eigenvalue weighted by atomic mass is 10.2. The van der Waals surface area contributed by atoms with Crippen molar-refractivity contribution in [3.05, 3.63) is 46.9 Å². The summed E-state index contributed by atoms with van der Waals surface area (Å²) in [4.78, 5) is 14.8. The predicted molar refractivity (Wildman–Crippen MR) is 72.4 cm³/mol. The molecule has 104 valence electrons. The molecular weight excluding hydrogens is 287 g/mol. The van der Waals surface area contributed by atoms with E-state index in [9.17, 15) is 9.18 Å². The first-order chi connectivity index (χ1) is 9.51. The summed E-state index contributed by atoms with van der Waals surface area (Å²) in [6, 6.07) is 5.68. The van der Waals surface area contributed by atoms with Gasteiger partial charge >= 0.3 is 5.97 Å². The molecule has 0 radical (unpaired) electrons. The zero-order chi connectivity index (χ0) is 14.7. The van der Waals surface area contributed by atoms with Gasteiger partial charge in [0.2, 0.25) is 0 Å². The Labute approximate surface area is 119 Å². The lowest BCUT2D eigenvalue weighted by molar-refractivity contribution is 0.0697. The Morgan fingerprint density at radius 2 is 2.20 bits per heavy atom. The van der Waals surface area contributed by atoms with E-state index in [-0.39, 0.29) is 11.4 Å². The van der Waals surface area contributed by atoms with E-state index in [1.54, 1.807) is 18.2 Å². The Hall–Kier alpha value is -2.34. The smallest absolute Gasteiger partial charge is 0.339 e. The van der Waals surface area contributed by atoms with E-state index in [4.69, 9.17) is 21.4 Å². The zero-order valence-corrected chi connectivity index (χ0v) is 11.1. The first-order valence-corrected chi connectivity index (χ1v) is 5.88. The number of hydrogen-bond acceptors (Lipinski definition) is 4. The number of anilines is 2. The Kier molecular flexibility index (Phi) is 4.05. The van der Waals surface area contributed by atoms with Gasteiger partial charge in [0.15, 0.2) is 0 Å². The van der Waals surface area contributed by atoms with Crippen molar-refractivity contribution in [2.24, 2.45) is 0 Å². The number of hydrogen-bond donors (Lipinski definition) is 2. The summed E-state index contributed by atoms with van der Waals surface area (Å²) in [6.07, 6.45) is 0.922. The number of nitrogens with zero attached hydrogens (tertiary/aromatic N) is 1. The first kappa shape index (κ1) is 14.1. The minimum absolute atomic E-state index is 0.000494. The summed E-state index contributed by atoms with van der Waals surface area (Å²) in [5.41, 5.74) is 0.147. The van der Waals surface area contributed by atoms with E-state index in [0.29, 0.717) is 16.5 Å². The molecule has 0 unspecified atom stereocenters. The van der Waals surface area contributed by atoms with Crippen molar-refractivity contribution in [2.45, 2.75) is 0 Å². The number of ether oxygens (including phenoxy) is 1. The molecule has 0 aliphatic carbocycles. The van der Waals surface area contributed by atoms with Gasteiger partial charge in [-0.05, 0) is 24.3 Å². The molecule has 1 heterocycles. The molecule has 2 N–H and O–H groups in total. The van der Waals surface area contributed by atoms with Crippen LogP contribution < -0.4 is 10.1 Å². The van der Waals surface area contributed by atoms with Crippen LogP contribution in [0.15, 0.2) is 30.5 Å². The highest BCUT2D eigenvalue weighted by Crippen LogP contribution is 2.31. The molecule has 0 amide bonds. The summed E-state index contributed by atoms with van der Waals surface area (Å²) in [5.74, 6) is -1.57. The Morgan fingerprint density at radius 1 is 1.45 bits per heavy atom. The molecule has 0 bridgehead atoms. The van der Waals surface area contributed by atoms with Crippen molar-refractivity contribution in [3.8, 4) is 5.75 Å². The van der Waals surface area contributed by atoms with E-state index in [1.807, 2.05) is 0 Å². The fourth-order valence-corrected chi connectivity index (χ4v) is 1.78. The minimum Gasteiger partial charge on any atom is -0.495 e. The van der Waals surface area contributed by atoms with Crippen LogP contribution >= 0.6 is 11.6 Å². The van der Waals surface area contributed by atoms with E-state index in [0.717, 1.165) is 12.3 Å². The molecule has 0 saturated carbocycles. The van der Waals surface area contributed by atoms with Gasteiger partial charge in [-0.15, -0.1) is 0 Å². The number of halogens is 2. The molecule has 0 fully saturated rings. The fraction of sp³-hybridized carbons (Fsp3) is 0.0769. The molecule has 0 spiro atoms. The van der Waals surface area contributed by atoms with Gasteiger partial charge in [0.1, 0.15) is 22.9 Å². The number of benzene rings is 1. The quantitative estimate of drug-likeness (QED) is 0.905. The van der Waals surface area contributed by atoms with E-state index < -0.39 is 11.8 Å². The third kappa shape index (κ3) is 2.97. The second-order valence-corrected chi connectivity index (χ2v) is 4.26. The topological polar surface area (TPSA) is 71.5 Å². The number of carbonyl (C=O) groups is 1. The van der Waals surface area contributed by atoms with Gasteiger partial charge in [-0.3, -0.25) is 0 Å². The molecule has 1 aromatic heterocycles. The summed E-state index contributed by atoms with van der Waals surface area (Å²) < 4.78 is 18.2. The normalized spacial score (nSPS) is 10.2. The number of aromatic carboxylic acids is 1. The van der Waals surface area contributed by atoms with Gasteiger partial charge in [0.05, 0.1) is 19.0 Å². The second kappa shape index (κ2) is 5.75. The summed E-state index contributed by atoms with van der Waals surface area (Å²) in [6.45, 7) is 0. The molecule has 0 atom stereocenters. The molecule has 20 heavy (non-hydrogen) atoms. The standard InChI is InChI=1S/C13H10ClFN2O3/c1-20-11-3-2-7(14)4-10(11)17-12-9(13(18)19)5-8(15)6-16-12/h2-6H,1H3,(H,16,17)(H,18,19). The predicted octanol–water partition coefficient (Wildman–Crippen LogP) is 3.32. The SMILES string of the molecule is COc1ccc(Cl)cc1Nc1ncc(F)cc1C(=O)O. The number of carboxylic acid groups (broad SMARTS) is 1. The number of rotatable bonds is 4. The molecule has 2 rings (SSSR count). The van der Waals surface area contributed by atoms with Gasteiger partial charge in [-0.25, -0.2) is 14.2 Å². The van der Waals surface area contributed by atoms with Crippen LogP contribution in [0.4, 0.5) is 15.9 Å². The largest absolute Gasteiger partial charge is 0.495 e. The number of nitrogens with one attached hydrogen (secondary N) is 1. The highest BCUT2D eigenvalue weighted by Gasteiger charge is 2.14. The van der Waals surface area contributed by atoms with E-state index in [2.05, 4.69) is 10.3 Å². The maximum Gasteiger partial charge on any atom is 0.339 e. The molecule has 1 aromatic carbocycles. The van der Waals surface area contributed by atoms with Crippen LogP contribution in [0.3, 0.4) is 0 Å². The van der Waals surface area contributed by atoms with Crippen LogP contribution in [0, 0.1) is 5.82 Å². The van der Waals surface area contributed by atoms with Gasteiger partial charge < -0.3 is 15.2 Å². The van der Waals surface area contributed by atoms with Crippen molar-refractivity contribution in [3.63, 3.8) is 0 Å². The maximum absolute atomic E-state index is 13.1. The Morgan fingerprint density at radius 3 is 2.85 bits per heavy atom.